The van der Waals surface area contributed by atoms with Gasteiger partial charge in [-0.15, -0.1) is 0 Å². The summed E-state index contributed by atoms with van der Waals surface area (Å²) in [5.74, 6) is -0.184. The number of carbonyl (C=O) groups excluding carboxylic acids is 2. The van der Waals surface area contributed by atoms with Gasteiger partial charge in [0.1, 0.15) is 5.75 Å². The van der Waals surface area contributed by atoms with Crippen molar-refractivity contribution in [2.75, 3.05) is 29.5 Å². The van der Waals surface area contributed by atoms with E-state index in [2.05, 4.69) is 10.6 Å². The van der Waals surface area contributed by atoms with Crippen LogP contribution >= 0.6 is 0 Å². The van der Waals surface area contributed by atoms with Gasteiger partial charge in [-0.25, -0.2) is 8.42 Å². The highest BCUT2D eigenvalue weighted by Gasteiger charge is 2.21. The zero-order valence-corrected chi connectivity index (χ0v) is 19.7. The Morgan fingerprint density at radius 3 is 2.31 bits per heavy atom. The van der Waals surface area contributed by atoms with Crippen LogP contribution in [-0.4, -0.2) is 46.2 Å². The van der Waals surface area contributed by atoms with E-state index in [0.717, 1.165) is 23.4 Å². The first kappa shape index (κ1) is 25.2. The molecule has 0 radical (unpaired) electrons. The highest BCUT2D eigenvalue weighted by Crippen LogP contribution is 2.22. The highest BCUT2D eigenvalue weighted by molar-refractivity contribution is 7.92. The van der Waals surface area contributed by atoms with Crippen molar-refractivity contribution in [1.82, 2.24) is 5.32 Å². The fraction of sp³-hybridized carbons (Fsp3) is 0.391. The minimum Gasteiger partial charge on any atom is -0.481 e. The van der Waals surface area contributed by atoms with Crippen LogP contribution in [0.5, 0.6) is 5.75 Å². The van der Waals surface area contributed by atoms with Crippen molar-refractivity contribution in [2.45, 2.75) is 39.2 Å². The standard InChI is InChI=1S/C23H31N3O5S/c1-5-7-16-24-22(27)19-10-8-9-11-20(19)25-23(28)21(6-2)31-18-14-12-17(13-15-18)26(3)32(4,29)30/h8-15,21H,5-7,16H2,1-4H3,(H,24,27)(H,25,28)/t21-/m0/s1. The van der Waals surface area contributed by atoms with E-state index in [0.29, 0.717) is 35.7 Å². The fourth-order valence-corrected chi connectivity index (χ4v) is 3.39. The van der Waals surface area contributed by atoms with E-state index in [4.69, 9.17) is 4.74 Å². The number of hydrogen-bond donors (Lipinski definition) is 2. The molecule has 0 fully saturated rings. The maximum Gasteiger partial charge on any atom is 0.265 e. The van der Waals surface area contributed by atoms with Crippen molar-refractivity contribution in [2.24, 2.45) is 0 Å². The average Bonchev–Trinajstić information content (AvgIpc) is 2.77. The van der Waals surface area contributed by atoms with Crippen molar-refractivity contribution in [1.29, 1.82) is 0 Å². The Hall–Kier alpha value is -3.07. The summed E-state index contributed by atoms with van der Waals surface area (Å²) in [5.41, 5.74) is 1.29. The van der Waals surface area contributed by atoms with Gasteiger partial charge in [0, 0.05) is 13.6 Å². The summed E-state index contributed by atoms with van der Waals surface area (Å²) in [6.07, 6.45) is 2.59. The molecule has 2 rings (SSSR count). The van der Waals surface area contributed by atoms with Crippen LogP contribution in [0.25, 0.3) is 0 Å². The van der Waals surface area contributed by atoms with Crippen LogP contribution < -0.4 is 19.7 Å². The van der Waals surface area contributed by atoms with Crippen molar-refractivity contribution in [3.8, 4) is 5.75 Å². The van der Waals surface area contributed by atoms with Crippen LogP contribution in [0.4, 0.5) is 11.4 Å². The molecule has 0 spiro atoms. The molecule has 0 aromatic heterocycles. The summed E-state index contributed by atoms with van der Waals surface area (Å²) in [7, 11) is -1.91. The molecule has 0 bridgehead atoms. The van der Waals surface area contributed by atoms with Crippen molar-refractivity contribution in [3.05, 3.63) is 54.1 Å². The van der Waals surface area contributed by atoms with E-state index < -0.39 is 16.1 Å². The van der Waals surface area contributed by atoms with E-state index in [9.17, 15) is 18.0 Å². The molecule has 2 N–H and O–H groups in total. The van der Waals surface area contributed by atoms with E-state index in [1.165, 1.54) is 7.05 Å². The molecule has 0 unspecified atom stereocenters. The molecule has 9 heteroatoms. The van der Waals surface area contributed by atoms with Crippen LogP contribution in [0.2, 0.25) is 0 Å². The predicted molar refractivity (Wildman–Crippen MR) is 127 cm³/mol. The fourth-order valence-electron chi connectivity index (χ4n) is 2.89. The van der Waals surface area contributed by atoms with Crippen LogP contribution in [0.15, 0.2) is 48.5 Å². The topological polar surface area (TPSA) is 105 Å². The van der Waals surface area contributed by atoms with E-state index in [1.54, 1.807) is 48.5 Å². The van der Waals surface area contributed by atoms with Gasteiger partial charge >= 0.3 is 0 Å². The Morgan fingerprint density at radius 1 is 1.06 bits per heavy atom. The first-order chi connectivity index (χ1) is 15.2. The van der Waals surface area contributed by atoms with E-state index >= 15 is 0 Å². The molecule has 174 valence electrons. The number of nitrogens with zero attached hydrogens (tertiary/aromatic N) is 1. The Labute approximate surface area is 190 Å². The second kappa shape index (κ2) is 11.5. The summed E-state index contributed by atoms with van der Waals surface area (Å²) < 4.78 is 30.3. The summed E-state index contributed by atoms with van der Waals surface area (Å²) in [5, 5.41) is 5.64. The second-order valence-corrected chi connectivity index (χ2v) is 9.40. The lowest BCUT2D eigenvalue weighted by atomic mass is 10.1. The highest BCUT2D eigenvalue weighted by atomic mass is 32.2. The lowest BCUT2D eigenvalue weighted by Gasteiger charge is -2.20. The van der Waals surface area contributed by atoms with Gasteiger partial charge in [-0.3, -0.25) is 13.9 Å². The van der Waals surface area contributed by atoms with Gasteiger partial charge < -0.3 is 15.4 Å². The van der Waals surface area contributed by atoms with Crippen LogP contribution in [0.3, 0.4) is 0 Å². The number of para-hydroxylation sites is 1. The normalized spacial score (nSPS) is 12.0. The number of anilines is 2. The van der Waals surface area contributed by atoms with Crippen LogP contribution in [0.1, 0.15) is 43.5 Å². The monoisotopic (exact) mass is 461 g/mol. The first-order valence-electron chi connectivity index (χ1n) is 10.6. The van der Waals surface area contributed by atoms with E-state index in [1.807, 2.05) is 13.8 Å². The molecule has 2 amide bonds. The maximum absolute atomic E-state index is 12.8. The van der Waals surface area contributed by atoms with Gasteiger partial charge in [-0.1, -0.05) is 32.4 Å². The van der Waals surface area contributed by atoms with Crippen molar-refractivity contribution < 1.29 is 22.7 Å². The number of nitrogens with one attached hydrogen (secondary N) is 2. The molecular weight excluding hydrogens is 430 g/mol. The molecule has 0 aliphatic heterocycles. The number of amides is 2. The van der Waals surface area contributed by atoms with Gasteiger partial charge in [0.2, 0.25) is 10.0 Å². The lowest BCUT2D eigenvalue weighted by Crippen LogP contribution is -2.33. The molecule has 1 atom stereocenters. The second-order valence-electron chi connectivity index (χ2n) is 7.38. The molecular formula is C23H31N3O5S. The Morgan fingerprint density at radius 2 is 1.72 bits per heavy atom. The number of hydrogen-bond acceptors (Lipinski definition) is 5. The molecule has 0 saturated carbocycles. The lowest BCUT2D eigenvalue weighted by molar-refractivity contribution is -0.122. The molecule has 0 heterocycles. The molecule has 32 heavy (non-hydrogen) atoms. The Bertz CT molecular complexity index is 1020. The molecule has 2 aromatic carbocycles. The number of carbonyl (C=O) groups is 2. The van der Waals surface area contributed by atoms with Gasteiger partial charge in [0.05, 0.1) is 23.2 Å². The first-order valence-corrected chi connectivity index (χ1v) is 12.4. The van der Waals surface area contributed by atoms with E-state index in [-0.39, 0.29) is 11.8 Å². The largest absolute Gasteiger partial charge is 0.481 e. The van der Waals surface area contributed by atoms with Crippen LogP contribution in [-0.2, 0) is 14.8 Å². The number of unbranched alkanes of at least 4 members (excludes halogenated alkanes) is 1. The minimum atomic E-state index is -3.37. The predicted octanol–water partition coefficient (Wildman–Crippen LogP) is 3.41. The van der Waals surface area contributed by atoms with Crippen molar-refractivity contribution in [3.63, 3.8) is 0 Å². The number of benzene rings is 2. The average molecular weight is 462 g/mol. The Kier molecular flexibility index (Phi) is 9.07. The number of ether oxygens (including phenoxy) is 1. The number of rotatable bonds is 11. The summed E-state index contributed by atoms with van der Waals surface area (Å²) >= 11 is 0. The molecule has 0 saturated heterocycles. The molecule has 0 aliphatic carbocycles. The summed E-state index contributed by atoms with van der Waals surface area (Å²) in [4.78, 5) is 25.3. The minimum absolute atomic E-state index is 0.242. The van der Waals surface area contributed by atoms with Crippen LogP contribution in [0, 0.1) is 0 Å². The maximum atomic E-state index is 12.8. The zero-order chi connectivity index (χ0) is 23.7. The summed E-state index contributed by atoms with van der Waals surface area (Å²) in [6.45, 7) is 4.44. The van der Waals surface area contributed by atoms with Gasteiger partial charge in [0.15, 0.2) is 6.10 Å². The van der Waals surface area contributed by atoms with Crippen molar-refractivity contribution >= 4 is 33.2 Å². The van der Waals surface area contributed by atoms with Gasteiger partial charge in [-0.2, -0.15) is 0 Å². The molecule has 0 aliphatic rings. The van der Waals surface area contributed by atoms with Gasteiger partial charge in [0.25, 0.3) is 11.8 Å². The third-order valence-electron chi connectivity index (χ3n) is 4.88. The SMILES string of the molecule is CCCCNC(=O)c1ccccc1NC(=O)[C@H](CC)Oc1ccc(N(C)S(C)(=O)=O)cc1. The Balaban J connectivity index is 2.09. The third-order valence-corrected chi connectivity index (χ3v) is 6.09. The third kappa shape index (κ3) is 6.98. The molecule has 8 nitrogen and oxygen atoms in total. The summed E-state index contributed by atoms with van der Waals surface area (Å²) in [6, 6.07) is 13.3. The smallest absolute Gasteiger partial charge is 0.265 e. The number of sulfonamides is 1. The zero-order valence-electron chi connectivity index (χ0n) is 18.9. The van der Waals surface area contributed by atoms with Gasteiger partial charge in [-0.05, 0) is 49.2 Å². The quantitative estimate of drug-likeness (QED) is 0.499. The molecule has 2 aromatic rings.